The van der Waals surface area contributed by atoms with Crippen LogP contribution in [0.25, 0.3) is 0 Å². The first-order valence-corrected chi connectivity index (χ1v) is 10.4. The Labute approximate surface area is 167 Å². The lowest BCUT2D eigenvalue weighted by Crippen LogP contribution is -2.51. The maximum absolute atomic E-state index is 12.9. The quantitative estimate of drug-likeness (QED) is 0.709. The van der Waals surface area contributed by atoms with Gasteiger partial charge in [-0.2, -0.15) is 0 Å². The molecule has 2 amide bonds. The van der Waals surface area contributed by atoms with E-state index in [0.717, 1.165) is 22.0 Å². The Bertz CT molecular complexity index is 628. The highest BCUT2D eigenvalue weighted by atomic mass is 32.1. The fourth-order valence-electron chi connectivity index (χ4n) is 2.57. The zero-order valence-corrected chi connectivity index (χ0v) is 18.9. The predicted octanol–water partition coefficient (Wildman–Crippen LogP) is 4.51. The molecule has 154 valence electrons. The van der Waals surface area contributed by atoms with E-state index in [1.807, 2.05) is 27.7 Å². The molecular weight excluding hydrogens is 362 g/mol. The largest absolute Gasteiger partial charge is 0.444 e. The summed E-state index contributed by atoms with van der Waals surface area (Å²) in [4.78, 5) is 30.8. The molecule has 1 aromatic rings. The molecule has 2 N–H and O–H groups in total. The first-order chi connectivity index (χ1) is 12.3. The lowest BCUT2D eigenvalue weighted by atomic mass is 10.0. The Kier molecular flexibility index (Phi) is 8.26. The third-order valence-electron chi connectivity index (χ3n) is 3.99. The number of carbonyl (C=O) groups is 2. The Morgan fingerprint density at radius 1 is 1.11 bits per heavy atom. The number of aromatic nitrogens is 1. The summed E-state index contributed by atoms with van der Waals surface area (Å²) in [5.41, 5.74) is 0.378. The minimum absolute atomic E-state index is 0.0722. The van der Waals surface area contributed by atoms with Crippen LogP contribution in [0, 0.1) is 25.7 Å². The third-order valence-corrected chi connectivity index (χ3v) is 5.17. The Hall–Kier alpha value is -1.63. The number of nitrogens with one attached hydrogen (secondary N) is 2. The highest BCUT2D eigenvalue weighted by molar-refractivity contribution is 7.11. The molecule has 2 unspecified atom stereocenters. The number of thiazole rings is 1. The molecule has 0 bridgehead atoms. The van der Waals surface area contributed by atoms with Crippen LogP contribution in [0.4, 0.5) is 4.79 Å². The van der Waals surface area contributed by atoms with Crippen LogP contribution in [0.1, 0.15) is 76.5 Å². The molecule has 0 aliphatic heterocycles. The molecule has 7 heteroatoms. The molecule has 0 saturated carbocycles. The Balaban J connectivity index is 2.93. The van der Waals surface area contributed by atoms with E-state index in [4.69, 9.17) is 4.74 Å². The van der Waals surface area contributed by atoms with Crippen molar-refractivity contribution in [2.45, 2.75) is 86.4 Å². The van der Waals surface area contributed by atoms with Gasteiger partial charge in [0.25, 0.3) is 0 Å². The molecule has 0 aromatic carbocycles. The van der Waals surface area contributed by atoms with Crippen molar-refractivity contribution in [3.63, 3.8) is 0 Å². The molecule has 27 heavy (non-hydrogen) atoms. The second-order valence-corrected chi connectivity index (χ2v) is 9.99. The van der Waals surface area contributed by atoms with Crippen LogP contribution >= 0.6 is 11.3 Å². The van der Waals surface area contributed by atoms with Gasteiger partial charge in [0, 0.05) is 4.88 Å². The second kappa shape index (κ2) is 9.53. The Morgan fingerprint density at radius 3 is 2.11 bits per heavy atom. The third kappa shape index (κ3) is 7.87. The van der Waals surface area contributed by atoms with E-state index >= 15 is 0 Å². The fourth-order valence-corrected chi connectivity index (χ4v) is 3.56. The number of rotatable bonds is 7. The minimum atomic E-state index is -0.670. The summed E-state index contributed by atoms with van der Waals surface area (Å²) >= 11 is 1.61. The van der Waals surface area contributed by atoms with E-state index in [2.05, 4.69) is 29.5 Å². The summed E-state index contributed by atoms with van der Waals surface area (Å²) in [6, 6.07) is -0.840. The standard InChI is InChI=1S/C20H35N3O3S/c1-11(2)10-15(18-21-13(5)14(6)27-18)22-17(24)16(12(3)4)23-19(25)26-20(7,8)9/h11-12,15-16H,10H2,1-9H3,(H,22,24)(H,23,25). The van der Waals surface area contributed by atoms with Crippen LogP contribution in [0.3, 0.4) is 0 Å². The van der Waals surface area contributed by atoms with Gasteiger partial charge in [0.1, 0.15) is 16.7 Å². The van der Waals surface area contributed by atoms with E-state index in [-0.39, 0.29) is 17.9 Å². The van der Waals surface area contributed by atoms with Crippen LogP contribution in [0.15, 0.2) is 0 Å². The van der Waals surface area contributed by atoms with Gasteiger partial charge in [0.05, 0.1) is 11.7 Å². The first kappa shape index (κ1) is 23.4. The lowest BCUT2D eigenvalue weighted by Gasteiger charge is -2.27. The minimum Gasteiger partial charge on any atom is -0.444 e. The highest BCUT2D eigenvalue weighted by Crippen LogP contribution is 2.27. The molecule has 0 spiro atoms. The summed E-state index contributed by atoms with van der Waals surface area (Å²) in [7, 11) is 0. The van der Waals surface area contributed by atoms with Gasteiger partial charge in [-0.25, -0.2) is 9.78 Å². The van der Waals surface area contributed by atoms with E-state index in [9.17, 15) is 9.59 Å². The van der Waals surface area contributed by atoms with Gasteiger partial charge in [0.15, 0.2) is 0 Å². The topological polar surface area (TPSA) is 80.3 Å². The van der Waals surface area contributed by atoms with E-state index in [1.54, 1.807) is 32.1 Å². The Morgan fingerprint density at radius 2 is 1.70 bits per heavy atom. The van der Waals surface area contributed by atoms with Crippen LogP contribution < -0.4 is 10.6 Å². The molecule has 0 aliphatic rings. The summed E-state index contributed by atoms with van der Waals surface area (Å²) in [6.07, 6.45) is 0.202. The number of hydrogen-bond acceptors (Lipinski definition) is 5. The number of nitrogens with zero attached hydrogens (tertiary/aromatic N) is 1. The van der Waals surface area contributed by atoms with Gasteiger partial charge in [-0.05, 0) is 52.9 Å². The molecule has 1 heterocycles. The first-order valence-electron chi connectivity index (χ1n) is 9.54. The van der Waals surface area contributed by atoms with Gasteiger partial charge in [-0.3, -0.25) is 4.79 Å². The van der Waals surface area contributed by atoms with Gasteiger partial charge in [-0.15, -0.1) is 11.3 Å². The normalized spacial score (nSPS) is 14.2. The second-order valence-electron chi connectivity index (χ2n) is 8.75. The predicted molar refractivity (Wildman–Crippen MR) is 110 cm³/mol. The summed E-state index contributed by atoms with van der Waals surface area (Å²) in [6.45, 7) is 17.4. The summed E-state index contributed by atoms with van der Waals surface area (Å²) in [5.74, 6) is 0.111. The average Bonchev–Trinajstić information content (AvgIpc) is 2.81. The molecule has 6 nitrogen and oxygen atoms in total. The van der Waals surface area contributed by atoms with Crippen molar-refractivity contribution in [3.05, 3.63) is 15.6 Å². The number of hydrogen-bond donors (Lipinski definition) is 2. The molecule has 0 fully saturated rings. The lowest BCUT2D eigenvalue weighted by molar-refractivity contribution is -0.125. The van der Waals surface area contributed by atoms with Crippen LogP contribution in [-0.2, 0) is 9.53 Å². The fraction of sp³-hybridized carbons (Fsp3) is 0.750. The van der Waals surface area contributed by atoms with Crippen LogP contribution in [0.2, 0.25) is 0 Å². The van der Waals surface area contributed by atoms with Crippen molar-refractivity contribution in [1.82, 2.24) is 15.6 Å². The molecule has 0 saturated heterocycles. The molecule has 1 rings (SSSR count). The molecule has 0 radical (unpaired) electrons. The average molecular weight is 398 g/mol. The number of amides is 2. The SMILES string of the molecule is Cc1nc(C(CC(C)C)NC(=O)C(NC(=O)OC(C)(C)C)C(C)C)sc1C. The van der Waals surface area contributed by atoms with Gasteiger partial charge >= 0.3 is 6.09 Å². The molecule has 2 atom stereocenters. The van der Waals surface area contributed by atoms with Crippen molar-refractivity contribution in [1.29, 1.82) is 0 Å². The number of ether oxygens (including phenoxy) is 1. The van der Waals surface area contributed by atoms with Gasteiger partial charge in [-0.1, -0.05) is 27.7 Å². The highest BCUT2D eigenvalue weighted by Gasteiger charge is 2.29. The van der Waals surface area contributed by atoms with Crippen LogP contribution in [-0.4, -0.2) is 28.6 Å². The number of carbonyl (C=O) groups excluding carboxylic acids is 2. The van der Waals surface area contributed by atoms with Crippen molar-refractivity contribution < 1.29 is 14.3 Å². The van der Waals surface area contributed by atoms with Gasteiger partial charge < -0.3 is 15.4 Å². The maximum atomic E-state index is 12.9. The van der Waals surface area contributed by atoms with E-state index < -0.39 is 17.7 Å². The molecule has 0 aliphatic carbocycles. The monoisotopic (exact) mass is 397 g/mol. The maximum Gasteiger partial charge on any atom is 0.408 e. The van der Waals surface area contributed by atoms with Crippen molar-refractivity contribution >= 4 is 23.3 Å². The van der Waals surface area contributed by atoms with Crippen molar-refractivity contribution in [2.75, 3.05) is 0 Å². The van der Waals surface area contributed by atoms with Crippen molar-refractivity contribution in [3.8, 4) is 0 Å². The van der Waals surface area contributed by atoms with Gasteiger partial charge in [0.2, 0.25) is 5.91 Å². The smallest absolute Gasteiger partial charge is 0.408 e. The van der Waals surface area contributed by atoms with Crippen molar-refractivity contribution in [2.24, 2.45) is 11.8 Å². The number of aryl methyl sites for hydroxylation is 2. The summed E-state index contributed by atoms with van der Waals surface area (Å²) in [5, 5.41) is 6.71. The zero-order valence-electron chi connectivity index (χ0n) is 18.1. The van der Waals surface area contributed by atoms with Crippen LogP contribution in [0.5, 0.6) is 0 Å². The zero-order chi connectivity index (χ0) is 20.9. The molecule has 1 aromatic heterocycles. The number of alkyl carbamates (subject to hydrolysis) is 1. The molecular formula is C20H35N3O3S. The summed E-state index contributed by atoms with van der Waals surface area (Å²) < 4.78 is 5.30. The van der Waals surface area contributed by atoms with E-state index in [1.165, 1.54) is 0 Å². The van der Waals surface area contributed by atoms with E-state index in [0.29, 0.717) is 5.92 Å².